The number of carbonyl (C=O) groups excluding carboxylic acids is 2. The molecule has 6 rings (SSSR count). The van der Waals surface area contributed by atoms with Gasteiger partial charge in [-0.2, -0.15) is 9.78 Å². The number of methoxy groups -OCH3 is 1. The van der Waals surface area contributed by atoms with Crippen molar-refractivity contribution in [3.05, 3.63) is 107 Å². The first kappa shape index (κ1) is 30.2. The standard InChI is InChI=1S/C35H36N4O6/c1-23(7-5-11-32(41)37-18-6-9-27(37)22-40)35(44)30-19-28(45-2)16-17-31(30)38(34(35)43)21-24-12-14-26(15-13-24)39-33(42)29-10-4-3-8-25(29)20-36-39/h3-5,7-8,10,12-17,19-20,23,27,40,44H,6,9,11,18,21-22H2,1-2H3/b7-5+/t23-,27+,35+/m1/s1. The van der Waals surface area contributed by atoms with Crippen molar-refractivity contribution in [1.82, 2.24) is 14.7 Å². The van der Waals surface area contributed by atoms with Crippen LogP contribution in [-0.4, -0.2) is 63.0 Å². The normalized spacial score (nSPS) is 20.3. The zero-order valence-corrected chi connectivity index (χ0v) is 25.3. The van der Waals surface area contributed by atoms with Crippen molar-refractivity contribution in [2.45, 2.75) is 44.4 Å². The highest BCUT2D eigenvalue weighted by molar-refractivity contribution is 6.07. The van der Waals surface area contributed by atoms with Crippen LogP contribution in [0.1, 0.15) is 37.3 Å². The number of carbonyl (C=O) groups is 2. The summed E-state index contributed by atoms with van der Waals surface area (Å²) >= 11 is 0. The third-order valence-corrected chi connectivity index (χ3v) is 8.98. The molecular formula is C35H36N4O6. The predicted molar refractivity (Wildman–Crippen MR) is 170 cm³/mol. The van der Waals surface area contributed by atoms with E-state index in [1.807, 2.05) is 30.3 Å². The Bertz CT molecular complexity index is 1830. The van der Waals surface area contributed by atoms with Gasteiger partial charge in [0, 0.05) is 29.8 Å². The van der Waals surface area contributed by atoms with Crippen LogP contribution in [0.5, 0.6) is 5.75 Å². The third kappa shape index (κ3) is 5.40. The lowest BCUT2D eigenvalue weighted by molar-refractivity contribution is -0.139. The molecule has 0 spiro atoms. The Balaban J connectivity index is 1.24. The molecule has 232 valence electrons. The van der Waals surface area contributed by atoms with Gasteiger partial charge in [-0.05, 0) is 54.8 Å². The minimum Gasteiger partial charge on any atom is -0.497 e. The second kappa shape index (κ2) is 12.3. The Labute approximate surface area is 260 Å². The van der Waals surface area contributed by atoms with Gasteiger partial charge in [0.1, 0.15) is 5.75 Å². The van der Waals surface area contributed by atoms with Crippen molar-refractivity contribution in [2.75, 3.05) is 25.2 Å². The second-order valence-electron chi connectivity index (χ2n) is 11.6. The van der Waals surface area contributed by atoms with Crippen LogP contribution in [0.2, 0.25) is 0 Å². The van der Waals surface area contributed by atoms with Gasteiger partial charge >= 0.3 is 0 Å². The summed E-state index contributed by atoms with van der Waals surface area (Å²) in [6.07, 6.45) is 6.81. The number of rotatable bonds is 9. The predicted octanol–water partition coefficient (Wildman–Crippen LogP) is 3.69. The van der Waals surface area contributed by atoms with Gasteiger partial charge in [0.05, 0.1) is 49.3 Å². The number of aromatic nitrogens is 2. The number of anilines is 1. The molecule has 0 radical (unpaired) electrons. The molecule has 3 atom stereocenters. The van der Waals surface area contributed by atoms with Crippen LogP contribution in [0.3, 0.4) is 0 Å². The zero-order valence-electron chi connectivity index (χ0n) is 25.3. The van der Waals surface area contributed by atoms with Crippen LogP contribution in [-0.2, 0) is 21.7 Å². The van der Waals surface area contributed by atoms with Crippen LogP contribution in [0.25, 0.3) is 16.5 Å². The fraction of sp³-hybridized carbons (Fsp3) is 0.314. The minimum absolute atomic E-state index is 0.0594. The molecule has 0 saturated carbocycles. The van der Waals surface area contributed by atoms with Crippen molar-refractivity contribution in [3.8, 4) is 11.4 Å². The number of nitrogens with zero attached hydrogens (tertiary/aromatic N) is 4. The molecule has 3 heterocycles. The average molecular weight is 609 g/mol. The summed E-state index contributed by atoms with van der Waals surface area (Å²) < 4.78 is 6.77. The summed E-state index contributed by atoms with van der Waals surface area (Å²) in [6.45, 7) is 2.50. The van der Waals surface area contributed by atoms with Gasteiger partial charge in [0.2, 0.25) is 5.91 Å². The lowest BCUT2D eigenvalue weighted by atomic mass is 9.83. The number of benzene rings is 3. The number of amides is 2. The van der Waals surface area contributed by atoms with Crippen LogP contribution in [0.4, 0.5) is 5.69 Å². The lowest BCUT2D eigenvalue weighted by Gasteiger charge is -2.28. The van der Waals surface area contributed by atoms with Crippen LogP contribution in [0, 0.1) is 5.92 Å². The number of aliphatic hydroxyl groups excluding tert-OH is 1. The number of likely N-dealkylation sites (tertiary alicyclic amines) is 1. The van der Waals surface area contributed by atoms with E-state index in [0.717, 1.165) is 23.8 Å². The molecule has 1 fully saturated rings. The SMILES string of the molecule is COc1ccc2c(c1)[C@@](O)([C@H](C)/C=C/CC(=O)N1CCC[C@H]1CO)C(=O)N2Cc1ccc(-n2ncc3ccccc3c2=O)cc1. The quantitative estimate of drug-likeness (QED) is 0.278. The summed E-state index contributed by atoms with van der Waals surface area (Å²) in [7, 11) is 1.53. The van der Waals surface area contributed by atoms with Crippen molar-refractivity contribution in [1.29, 1.82) is 0 Å². The molecule has 0 unspecified atom stereocenters. The van der Waals surface area contributed by atoms with Gasteiger partial charge < -0.3 is 24.7 Å². The fourth-order valence-electron chi connectivity index (χ4n) is 6.39. The molecule has 2 aliphatic rings. The molecule has 1 saturated heterocycles. The maximum atomic E-state index is 14.0. The van der Waals surface area contributed by atoms with Gasteiger partial charge in [-0.3, -0.25) is 14.4 Å². The highest BCUT2D eigenvalue weighted by atomic mass is 16.5. The van der Waals surface area contributed by atoms with E-state index in [9.17, 15) is 24.6 Å². The van der Waals surface area contributed by atoms with Gasteiger partial charge in [-0.25, -0.2) is 0 Å². The highest BCUT2D eigenvalue weighted by Crippen LogP contribution is 2.47. The van der Waals surface area contributed by atoms with Crippen LogP contribution < -0.4 is 15.2 Å². The molecule has 0 bridgehead atoms. The largest absolute Gasteiger partial charge is 0.497 e. The maximum Gasteiger partial charge on any atom is 0.279 e. The first-order valence-corrected chi connectivity index (χ1v) is 15.1. The zero-order chi connectivity index (χ0) is 31.7. The third-order valence-electron chi connectivity index (χ3n) is 8.98. The van der Waals surface area contributed by atoms with E-state index in [2.05, 4.69) is 5.10 Å². The topological polar surface area (TPSA) is 125 Å². The van der Waals surface area contributed by atoms with E-state index in [4.69, 9.17) is 4.74 Å². The van der Waals surface area contributed by atoms with Gasteiger partial charge in [0.25, 0.3) is 11.5 Å². The molecule has 10 heteroatoms. The average Bonchev–Trinajstić information content (AvgIpc) is 3.63. The first-order valence-electron chi connectivity index (χ1n) is 15.1. The Morgan fingerprint density at radius 3 is 2.67 bits per heavy atom. The molecule has 3 aromatic carbocycles. The number of fused-ring (bicyclic) bond motifs is 2. The summed E-state index contributed by atoms with van der Waals surface area (Å²) in [5, 5.41) is 27.3. The van der Waals surface area contributed by atoms with E-state index >= 15 is 0 Å². The molecular weight excluding hydrogens is 572 g/mol. The molecule has 4 aromatic rings. The minimum atomic E-state index is -1.88. The summed E-state index contributed by atoms with van der Waals surface area (Å²) in [5.74, 6) is -0.720. The van der Waals surface area contributed by atoms with Crippen LogP contribution >= 0.6 is 0 Å². The van der Waals surface area contributed by atoms with Gasteiger partial charge in [-0.1, -0.05) is 49.4 Å². The van der Waals surface area contributed by atoms with E-state index in [1.54, 1.807) is 71.5 Å². The summed E-state index contributed by atoms with van der Waals surface area (Å²) in [6, 6.07) is 19.6. The van der Waals surface area contributed by atoms with E-state index in [-0.39, 0.29) is 37.1 Å². The molecule has 45 heavy (non-hydrogen) atoms. The number of ether oxygens (including phenoxy) is 1. The van der Waals surface area contributed by atoms with E-state index in [0.29, 0.717) is 34.6 Å². The highest BCUT2D eigenvalue weighted by Gasteiger charge is 2.52. The molecule has 0 aliphatic carbocycles. The fourth-order valence-corrected chi connectivity index (χ4v) is 6.39. The number of hydrogen-bond acceptors (Lipinski definition) is 7. The molecule has 2 N–H and O–H groups in total. The Morgan fingerprint density at radius 2 is 1.91 bits per heavy atom. The first-order chi connectivity index (χ1) is 21.8. The smallest absolute Gasteiger partial charge is 0.279 e. The monoisotopic (exact) mass is 608 g/mol. The lowest BCUT2D eigenvalue weighted by Crippen LogP contribution is -2.44. The summed E-state index contributed by atoms with van der Waals surface area (Å²) in [5.41, 5.74) is 0.285. The number of hydrogen-bond donors (Lipinski definition) is 2. The molecule has 2 aliphatic heterocycles. The van der Waals surface area contributed by atoms with E-state index < -0.39 is 17.4 Å². The van der Waals surface area contributed by atoms with Gasteiger partial charge in [0.15, 0.2) is 5.60 Å². The summed E-state index contributed by atoms with van der Waals surface area (Å²) in [4.78, 5) is 43.1. The van der Waals surface area contributed by atoms with Crippen molar-refractivity contribution < 1.29 is 24.5 Å². The van der Waals surface area contributed by atoms with Crippen molar-refractivity contribution in [2.24, 2.45) is 5.92 Å². The van der Waals surface area contributed by atoms with Crippen LogP contribution in [0.15, 0.2) is 89.9 Å². The maximum absolute atomic E-state index is 14.0. The van der Waals surface area contributed by atoms with Gasteiger partial charge in [-0.15, -0.1) is 0 Å². The molecule has 1 aromatic heterocycles. The molecule has 10 nitrogen and oxygen atoms in total. The second-order valence-corrected chi connectivity index (χ2v) is 11.6. The Morgan fingerprint density at radius 1 is 1.13 bits per heavy atom. The Hall–Kier alpha value is -4.80. The van der Waals surface area contributed by atoms with E-state index in [1.165, 1.54) is 11.8 Å². The molecule has 2 amide bonds. The van der Waals surface area contributed by atoms with Crippen molar-refractivity contribution in [3.63, 3.8) is 0 Å². The number of aliphatic hydroxyl groups is 2. The van der Waals surface area contributed by atoms with Crippen molar-refractivity contribution >= 4 is 28.3 Å². The Kier molecular flexibility index (Phi) is 8.26.